The van der Waals surface area contributed by atoms with Crippen molar-refractivity contribution < 1.29 is 14.3 Å². The first-order valence-corrected chi connectivity index (χ1v) is 14.0. The first-order valence-electron chi connectivity index (χ1n) is 12.8. The summed E-state index contributed by atoms with van der Waals surface area (Å²) in [6, 6.07) is 14.5. The Morgan fingerprint density at radius 3 is 2.21 bits per heavy atom. The van der Waals surface area contributed by atoms with E-state index >= 15 is 0 Å². The molecular formula is C28H38N6O3S. The third-order valence-corrected chi connectivity index (χ3v) is 6.32. The monoisotopic (exact) mass is 538 g/mol. The molecule has 3 aromatic rings. The van der Waals surface area contributed by atoms with Gasteiger partial charge < -0.3 is 29.9 Å². The van der Waals surface area contributed by atoms with Crippen molar-refractivity contribution in [3.05, 3.63) is 54.7 Å². The van der Waals surface area contributed by atoms with E-state index in [1.165, 1.54) is 0 Å². The number of ether oxygens (including phenoxy) is 2. The predicted molar refractivity (Wildman–Crippen MR) is 157 cm³/mol. The van der Waals surface area contributed by atoms with E-state index in [4.69, 9.17) is 14.5 Å². The zero-order valence-electron chi connectivity index (χ0n) is 22.9. The number of carbonyl (C=O) groups excluding carboxylic acids is 1. The highest BCUT2D eigenvalue weighted by Gasteiger charge is 2.18. The summed E-state index contributed by atoms with van der Waals surface area (Å²) in [5.41, 5.74) is 2.24. The molecule has 9 nitrogen and oxygen atoms in total. The van der Waals surface area contributed by atoms with E-state index in [1.807, 2.05) is 88.9 Å². The maximum absolute atomic E-state index is 12.5. The van der Waals surface area contributed by atoms with Gasteiger partial charge in [-0.15, -0.1) is 11.8 Å². The molecule has 4 rings (SSSR count). The summed E-state index contributed by atoms with van der Waals surface area (Å²) >= 11 is 1.64. The standard InChI is InChI=1S/C26H32N6O3S.C2H6/c1-31(2)12-17-35-22-10-8-21(9-11-22)29-26(33)28-20-6-4-19(5-7-20)24-27-18-23(36-3)25(30-24)32-13-15-34-16-14-32;1-2/h4-11,18H,12-17H2,1-3H3,(H2,28,29,33);1-2H3. The topological polar surface area (TPSA) is 91.8 Å². The molecule has 0 atom stereocenters. The SMILES string of the molecule is CC.CSc1cnc(-c2ccc(NC(=O)Nc3ccc(OCCN(C)C)cc3)cc2)nc1N1CCOCC1. The Morgan fingerprint density at radius 1 is 1.03 bits per heavy atom. The number of aromatic nitrogens is 2. The first-order chi connectivity index (χ1) is 18.5. The number of nitrogens with one attached hydrogen (secondary N) is 2. The largest absolute Gasteiger partial charge is 0.492 e. The highest BCUT2D eigenvalue weighted by atomic mass is 32.2. The fourth-order valence-electron chi connectivity index (χ4n) is 3.62. The van der Waals surface area contributed by atoms with Gasteiger partial charge in [0.2, 0.25) is 0 Å². The van der Waals surface area contributed by atoms with Crippen LogP contribution in [0.5, 0.6) is 5.75 Å². The lowest BCUT2D eigenvalue weighted by molar-refractivity contribution is 0.122. The van der Waals surface area contributed by atoms with Crippen molar-refractivity contribution in [3.8, 4) is 17.1 Å². The van der Waals surface area contributed by atoms with Gasteiger partial charge in [-0.2, -0.15) is 0 Å². The van der Waals surface area contributed by atoms with Gasteiger partial charge in [0.1, 0.15) is 18.2 Å². The zero-order valence-corrected chi connectivity index (χ0v) is 23.7. The minimum Gasteiger partial charge on any atom is -0.492 e. The molecule has 0 spiro atoms. The lowest BCUT2D eigenvalue weighted by Gasteiger charge is -2.29. The van der Waals surface area contributed by atoms with Crippen molar-refractivity contribution in [2.75, 3.05) is 75.3 Å². The molecule has 0 unspecified atom stereocenters. The van der Waals surface area contributed by atoms with E-state index in [2.05, 4.69) is 25.4 Å². The number of morpholine rings is 1. The third kappa shape index (κ3) is 8.61. The number of carbonyl (C=O) groups is 1. The van der Waals surface area contributed by atoms with E-state index in [1.54, 1.807) is 11.8 Å². The predicted octanol–water partition coefficient (Wildman–Crippen LogP) is 5.31. The van der Waals surface area contributed by atoms with Gasteiger partial charge in [-0.05, 0) is 68.9 Å². The Balaban J connectivity index is 0.00000195. The molecule has 1 saturated heterocycles. The summed E-state index contributed by atoms with van der Waals surface area (Å²) in [5.74, 6) is 2.35. The highest BCUT2D eigenvalue weighted by molar-refractivity contribution is 7.98. The number of amides is 2. The Morgan fingerprint density at radius 2 is 1.63 bits per heavy atom. The number of thioether (sulfide) groups is 1. The molecule has 1 aromatic heterocycles. The molecule has 10 heteroatoms. The number of benzene rings is 2. The van der Waals surface area contributed by atoms with Crippen LogP contribution in [0.1, 0.15) is 13.8 Å². The fraction of sp³-hybridized carbons (Fsp3) is 0.393. The normalized spacial score (nSPS) is 12.9. The molecule has 2 heterocycles. The summed E-state index contributed by atoms with van der Waals surface area (Å²) < 4.78 is 11.2. The fourth-order valence-corrected chi connectivity index (χ4v) is 4.14. The Kier molecular flexibility index (Phi) is 11.7. The van der Waals surface area contributed by atoms with Crippen LogP contribution < -0.4 is 20.3 Å². The molecule has 1 aliphatic rings. The lowest BCUT2D eigenvalue weighted by atomic mass is 10.2. The quantitative estimate of drug-likeness (QED) is 0.354. The van der Waals surface area contributed by atoms with Crippen LogP contribution in [0, 0.1) is 0 Å². The second-order valence-electron chi connectivity index (χ2n) is 8.52. The Bertz CT molecular complexity index is 1140. The van der Waals surface area contributed by atoms with Crippen LogP contribution in [0.2, 0.25) is 0 Å². The number of rotatable bonds is 9. The average molecular weight is 539 g/mol. The molecular weight excluding hydrogens is 500 g/mol. The number of hydrogen-bond acceptors (Lipinski definition) is 8. The first kappa shape index (κ1) is 29.2. The highest BCUT2D eigenvalue weighted by Crippen LogP contribution is 2.29. The van der Waals surface area contributed by atoms with Crippen LogP contribution in [0.3, 0.4) is 0 Å². The van der Waals surface area contributed by atoms with Crippen LogP contribution in [0.4, 0.5) is 22.0 Å². The second-order valence-corrected chi connectivity index (χ2v) is 9.37. The minimum atomic E-state index is -0.320. The molecule has 0 aliphatic carbocycles. The van der Waals surface area contributed by atoms with E-state index in [9.17, 15) is 4.79 Å². The van der Waals surface area contributed by atoms with Gasteiger partial charge in [0.25, 0.3) is 0 Å². The summed E-state index contributed by atoms with van der Waals surface area (Å²) in [7, 11) is 4.00. The molecule has 1 aliphatic heterocycles. The molecule has 0 radical (unpaired) electrons. The van der Waals surface area contributed by atoms with Gasteiger partial charge in [0.05, 0.1) is 18.1 Å². The van der Waals surface area contributed by atoms with E-state index in [-0.39, 0.29) is 6.03 Å². The van der Waals surface area contributed by atoms with Crippen molar-refractivity contribution >= 4 is 35.0 Å². The van der Waals surface area contributed by atoms with Gasteiger partial charge in [-0.25, -0.2) is 14.8 Å². The lowest BCUT2D eigenvalue weighted by Crippen LogP contribution is -2.37. The van der Waals surface area contributed by atoms with Crippen LogP contribution >= 0.6 is 11.8 Å². The van der Waals surface area contributed by atoms with Crippen LogP contribution in [-0.2, 0) is 4.74 Å². The van der Waals surface area contributed by atoms with Gasteiger partial charge in [-0.1, -0.05) is 13.8 Å². The number of hydrogen-bond donors (Lipinski definition) is 2. The maximum atomic E-state index is 12.5. The number of likely N-dealkylation sites (N-methyl/N-ethyl adjacent to an activating group) is 1. The number of nitrogens with zero attached hydrogens (tertiary/aromatic N) is 4. The van der Waals surface area contributed by atoms with Crippen LogP contribution in [0.15, 0.2) is 59.6 Å². The number of urea groups is 1. The van der Waals surface area contributed by atoms with Gasteiger partial charge in [0.15, 0.2) is 5.82 Å². The van der Waals surface area contributed by atoms with Crippen molar-refractivity contribution in [1.82, 2.24) is 14.9 Å². The molecule has 0 saturated carbocycles. The van der Waals surface area contributed by atoms with Crippen LogP contribution in [-0.4, -0.2) is 80.7 Å². The Hall–Kier alpha value is -3.34. The van der Waals surface area contributed by atoms with E-state index in [0.717, 1.165) is 41.7 Å². The van der Waals surface area contributed by atoms with Crippen molar-refractivity contribution in [1.29, 1.82) is 0 Å². The second kappa shape index (κ2) is 15.2. The summed E-state index contributed by atoms with van der Waals surface area (Å²) in [6.45, 7) is 8.47. The molecule has 2 N–H and O–H groups in total. The van der Waals surface area contributed by atoms with Crippen molar-refractivity contribution in [2.24, 2.45) is 0 Å². The molecule has 1 fully saturated rings. The number of anilines is 3. The Labute approximate surface area is 229 Å². The average Bonchev–Trinajstić information content (AvgIpc) is 2.95. The van der Waals surface area contributed by atoms with Gasteiger partial charge in [-0.3, -0.25) is 0 Å². The van der Waals surface area contributed by atoms with E-state index in [0.29, 0.717) is 37.0 Å². The molecule has 38 heavy (non-hydrogen) atoms. The zero-order chi connectivity index (χ0) is 27.3. The van der Waals surface area contributed by atoms with Crippen molar-refractivity contribution in [2.45, 2.75) is 18.7 Å². The maximum Gasteiger partial charge on any atom is 0.323 e. The molecule has 2 aromatic carbocycles. The third-order valence-electron chi connectivity index (χ3n) is 5.59. The molecule has 0 bridgehead atoms. The van der Waals surface area contributed by atoms with Crippen molar-refractivity contribution in [3.63, 3.8) is 0 Å². The smallest absolute Gasteiger partial charge is 0.323 e. The van der Waals surface area contributed by atoms with E-state index < -0.39 is 0 Å². The van der Waals surface area contributed by atoms with Gasteiger partial charge in [0, 0.05) is 42.8 Å². The van der Waals surface area contributed by atoms with Gasteiger partial charge >= 0.3 is 6.03 Å². The summed E-state index contributed by atoms with van der Waals surface area (Å²) in [4.78, 5) is 27.2. The summed E-state index contributed by atoms with van der Waals surface area (Å²) in [5, 5.41) is 5.70. The molecule has 204 valence electrons. The van der Waals surface area contributed by atoms with Crippen LogP contribution in [0.25, 0.3) is 11.4 Å². The minimum absolute atomic E-state index is 0.320. The molecule has 2 amide bonds. The summed E-state index contributed by atoms with van der Waals surface area (Å²) in [6.07, 6.45) is 3.90.